The first-order chi connectivity index (χ1) is 20.1. The minimum absolute atomic E-state index is 0.447. The first-order valence-electron chi connectivity index (χ1n) is 11.3. The summed E-state index contributed by atoms with van der Waals surface area (Å²) in [6, 6.07) is 1.79. The number of nitrogens with zero attached hydrogens (tertiary/aromatic N) is 8. The molecule has 2 aromatic carbocycles. The average Bonchev–Trinajstić information content (AvgIpc) is 3.63. The summed E-state index contributed by atoms with van der Waals surface area (Å²) in [6.45, 7) is 3.82. The lowest BCUT2D eigenvalue weighted by Crippen LogP contribution is -2.27. The van der Waals surface area contributed by atoms with E-state index in [0.29, 0.717) is 24.3 Å². The van der Waals surface area contributed by atoms with Crippen molar-refractivity contribution in [3.63, 3.8) is 0 Å². The van der Waals surface area contributed by atoms with Crippen LogP contribution in [-0.2, 0) is 0 Å². The maximum absolute atomic E-state index is 10.4. The minimum atomic E-state index is -1.21. The van der Waals surface area contributed by atoms with E-state index in [1.807, 2.05) is 0 Å². The monoisotopic (exact) mass is 610 g/mol. The van der Waals surface area contributed by atoms with E-state index in [2.05, 4.69) is 20.6 Å². The molecule has 24 nitrogen and oxygen atoms in total. The summed E-state index contributed by atoms with van der Waals surface area (Å²) < 4.78 is 0. The van der Waals surface area contributed by atoms with Crippen LogP contribution < -0.4 is 10.6 Å². The van der Waals surface area contributed by atoms with Gasteiger partial charge in [-0.3, -0.25) is 70.7 Å². The summed E-state index contributed by atoms with van der Waals surface area (Å²) in [5, 5.41) is 86.9. The Morgan fingerprint density at radius 1 is 0.558 bits per heavy atom. The maximum atomic E-state index is 10.4. The predicted octanol–water partition coefficient (Wildman–Crippen LogP) is 1.61. The molecule has 0 atom stereocenters. The van der Waals surface area contributed by atoms with Crippen molar-refractivity contribution in [2.75, 3.05) is 26.2 Å². The number of hydrogen-bond donors (Lipinski definition) is 4. The summed E-state index contributed by atoms with van der Waals surface area (Å²) in [7, 11) is 0. The van der Waals surface area contributed by atoms with E-state index in [9.17, 15) is 60.7 Å². The number of phenolic OH excluding ortho intramolecular Hbond substituents is 2. The Kier molecular flexibility index (Phi) is 10.7. The molecule has 228 valence electrons. The molecule has 0 fully saturated rings. The van der Waals surface area contributed by atoms with E-state index in [1.165, 1.54) is 0 Å². The summed E-state index contributed by atoms with van der Waals surface area (Å²) in [5.74, 6) is -0.252. The van der Waals surface area contributed by atoms with Crippen molar-refractivity contribution in [2.45, 2.75) is 6.42 Å². The van der Waals surface area contributed by atoms with Gasteiger partial charge < -0.3 is 20.8 Å². The number of phenols is 2. The molecule has 0 saturated heterocycles. The Hall–Kier alpha value is -6.62. The van der Waals surface area contributed by atoms with Crippen LogP contribution in [0.25, 0.3) is 0 Å². The summed E-state index contributed by atoms with van der Waals surface area (Å²) in [6.07, 6.45) is 0.861. The van der Waals surface area contributed by atoms with Gasteiger partial charge in [-0.15, -0.1) is 0 Å². The van der Waals surface area contributed by atoms with Crippen LogP contribution in [0.4, 0.5) is 34.1 Å². The molecule has 0 saturated carbocycles. The van der Waals surface area contributed by atoms with Crippen LogP contribution in [-0.4, -0.2) is 77.6 Å². The highest BCUT2D eigenvalue weighted by Gasteiger charge is 2.31. The standard InChI is InChI=1S/C7H12N4.2C6H3N3O7/c1-2-9-6(8-1)5-7-10-3-4-11-7;2*10-6-4(8(13)14)1-3(7(11)12)2-5(6)9(15)16/h1-5H2,(H,8,9)(H,10,11);2*1-2,10H. The first kappa shape index (κ1) is 32.6. The highest BCUT2D eigenvalue weighted by Crippen LogP contribution is 2.40. The lowest BCUT2D eigenvalue weighted by atomic mass is 10.2. The number of aromatic hydroxyl groups is 2. The lowest BCUT2D eigenvalue weighted by molar-refractivity contribution is -0.404. The third-order valence-electron chi connectivity index (χ3n) is 5.14. The SMILES string of the molecule is C1CNC(CC2=NCCN2)=N1.O=[N+]([O-])c1cc([N+](=O)[O-])c(O)c([N+](=O)[O-])c1.O=[N+]([O-])c1cc([N+](=O)[O-])c(O)c([N+](=O)[O-])c1. The van der Waals surface area contributed by atoms with Gasteiger partial charge in [0.25, 0.3) is 22.9 Å². The lowest BCUT2D eigenvalue weighted by Gasteiger charge is -2.01. The number of non-ortho nitro benzene ring substituents is 2. The van der Waals surface area contributed by atoms with Gasteiger partial charge in [-0.25, -0.2) is 0 Å². The van der Waals surface area contributed by atoms with Crippen molar-refractivity contribution in [2.24, 2.45) is 9.98 Å². The van der Waals surface area contributed by atoms with Crippen molar-refractivity contribution >= 4 is 45.8 Å². The van der Waals surface area contributed by atoms with Crippen LogP contribution >= 0.6 is 0 Å². The maximum Gasteiger partial charge on any atom is 0.324 e. The average molecular weight is 610 g/mol. The molecule has 0 amide bonds. The molecule has 2 heterocycles. The number of hydrogen-bond acceptors (Lipinski definition) is 18. The Balaban J connectivity index is 0.000000229. The molecule has 0 spiro atoms. The van der Waals surface area contributed by atoms with Crippen molar-refractivity contribution in [3.05, 3.63) is 85.0 Å². The quantitative estimate of drug-likeness (QED) is 0.243. The second kappa shape index (κ2) is 14.1. The Bertz CT molecular complexity index is 1370. The van der Waals surface area contributed by atoms with Gasteiger partial charge in [-0.05, 0) is 0 Å². The molecule has 4 N–H and O–H groups in total. The summed E-state index contributed by atoms with van der Waals surface area (Å²) in [4.78, 5) is 64.1. The highest BCUT2D eigenvalue weighted by molar-refractivity contribution is 6.03. The van der Waals surface area contributed by atoms with Gasteiger partial charge in [0, 0.05) is 13.1 Å². The second-order valence-electron chi connectivity index (χ2n) is 7.90. The largest absolute Gasteiger partial charge is 0.497 e. The van der Waals surface area contributed by atoms with Crippen molar-refractivity contribution in [1.29, 1.82) is 0 Å². The van der Waals surface area contributed by atoms with Crippen LogP contribution in [0.5, 0.6) is 11.5 Å². The van der Waals surface area contributed by atoms with Crippen LogP contribution in [0.2, 0.25) is 0 Å². The number of nitro groups is 6. The molecule has 0 radical (unpaired) electrons. The van der Waals surface area contributed by atoms with Gasteiger partial charge in [-0.2, -0.15) is 0 Å². The summed E-state index contributed by atoms with van der Waals surface area (Å²) >= 11 is 0. The second-order valence-corrected chi connectivity index (χ2v) is 7.90. The van der Waals surface area contributed by atoms with Crippen LogP contribution in [0.15, 0.2) is 34.3 Å². The molecular formula is C19H18N10O14. The van der Waals surface area contributed by atoms with Gasteiger partial charge >= 0.3 is 22.7 Å². The Morgan fingerprint density at radius 2 is 0.837 bits per heavy atom. The third kappa shape index (κ3) is 8.68. The van der Waals surface area contributed by atoms with E-state index in [1.54, 1.807) is 0 Å². The zero-order chi connectivity index (χ0) is 32.4. The predicted molar refractivity (Wildman–Crippen MR) is 141 cm³/mol. The molecule has 2 aliphatic rings. The fourth-order valence-corrected chi connectivity index (χ4v) is 3.24. The molecular weight excluding hydrogens is 592 g/mol. The normalized spacial score (nSPS) is 12.9. The van der Waals surface area contributed by atoms with Gasteiger partial charge in [0.15, 0.2) is 0 Å². The zero-order valence-electron chi connectivity index (χ0n) is 21.2. The molecule has 0 aromatic heterocycles. The molecule has 43 heavy (non-hydrogen) atoms. The van der Waals surface area contributed by atoms with Crippen molar-refractivity contribution in [1.82, 2.24) is 10.6 Å². The molecule has 4 rings (SSSR count). The smallest absolute Gasteiger partial charge is 0.324 e. The van der Waals surface area contributed by atoms with Crippen LogP contribution in [0, 0.1) is 60.7 Å². The fourth-order valence-electron chi connectivity index (χ4n) is 3.24. The Labute approximate surface area is 235 Å². The number of nitro benzene ring substituents is 6. The number of amidine groups is 2. The van der Waals surface area contributed by atoms with E-state index in [0.717, 1.165) is 44.3 Å². The number of aliphatic imine (C=N–C) groups is 2. The van der Waals surface area contributed by atoms with Crippen LogP contribution in [0.3, 0.4) is 0 Å². The molecule has 0 unspecified atom stereocenters. The van der Waals surface area contributed by atoms with E-state index >= 15 is 0 Å². The molecule has 0 bridgehead atoms. The van der Waals surface area contributed by atoms with E-state index in [-0.39, 0.29) is 0 Å². The fraction of sp³-hybridized carbons (Fsp3) is 0.263. The highest BCUT2D eigenvalue weighted by atomic mass is 16.7. The van der Waals surface area contributed by atoms with E-state index < -0.39 is 75.2 Å². The topological polar surface area (TPSA) is 348 Å². The Morgan fingerprint density at radius 3 is 1.02 bits per heavy atom. The van der Waals surface area contributed by atoms with Gasteiger partial charge in [0.05, 0.1) is 73.3 Å². The van der Waals surface area contributed by atoms with Gasteiger partial charge in [-0.1, -0.05) is 0 Å². The number of nitrogens with one attached hydrogen (secondary N) is 2. The van der Waals surface area contributed by atoms with Crippen molar-refractivity contribution in [3.8, 4) is 11.5 Å². The van der Waals surface area contributed by atoms with Crippen LogP contribution in [0.1, 0.15) is 6.42 Å². The van der Waals surface area contributed by atoms with Crippen molar-refractivity contribution < 1.29 is 39.8 Å². The molecule has 2 aliphatic heterocycles. The van der Waals surface area contributed by atoms with Gasteiger partial charge in [0.2, 0.25) is 0 Å². The zero-order valence-corrected chi connectivity index (χ0v) is 21.2. The molecule has 24 heteroatoms. The third-order valence-corrected chi connectivity index (χ3v) is 5.14. The summed E-state index contributed by atoms with van der Waals surface area (Å²) in [5.41, 5.74) is -6.00. The number of benzene rings is 2. The van der Waals surface area contributed by atoms with Gasteiger partial charge in [0.1, 0.15) is 11.7 Å². The molecule has 2 aromatic rings. The minimum Gasteiger partial charge on any atom is -0.497 e. The number of rotatable bonds is 8. The van der Waals surface area contributed by atoms with E-state index in [4.69, 9.17) is 10.2 Å². The first-order valence-corrected chi connectivity index (χ1v) is 11.3. The molecule has 0 aliphatic carbocycles.